The zero-order chi connectivity index (χ0) is 29.9. The molecule has 0 aliphatic carbocycles. The SMILES string of the molecule is COc1cc2nc(Nc3nc(OC(=O)C(F)(F)F)c4cc(OCCCN5CCCC5)ccc4n3)nc(C)c2cc1OC. The molecule has 0 bridgehead atoms. The van der Waals surface area contributed by atoms with Crippen LogP contribution >= 0.6 is 0 Å². The van der Waals surface area contributed by atoms with Crippen molar-refractivity contribution in [2.24, 2.45) is 0 Å². The molecule has 4 aromatic rings. The molecule has 222 valence electrons. The van der Waals surface area contributed by atoms with Gasteiger partial charge in [-0.15, -0.1) is 0 Å². The van der Waals surface area contributed by atoms with Crippen LogP contribution in [0.4, 0.5) is 25.1 Å². The molecule has 11 nitrogen and oxygen atoms in total. The number of nitrogens with zero attached hydrogens (tertiary/aromatic N) is 5. The molecule has 0 unspecified atom stereocenters. The Hall–Kier alpha value is -4.46. The van der Waals surface area contributed by atoms with Crippen LogP contribution in [0.25, 0.3) is 21.8 Å². The highest BCUT2D eigenvalue weighted by molar-refractivity contribution is 5.90. The maximum absolute atomic E-state index is 13.1. The third-order valence-electron chi connectivity index (χ3n) is 6.75. The zero-order valence-electron chi connectivity index (χ0n) is 23.2. The van der Waals surface area contributed by atoms with E-state index in [0.29, 0.717) is 40.5 Å². The molecule has 1 aliphatic rings. The number of esters is 1. The molecule has 0 radical (unpaired) electrons. The number of aromatic nitrogens is 4. The summed E-state index contributed by atoms with van der Waals surface area (Å²) in [5.41, 5.74) is 1.31. The normalized spacial score (nSPS) is 13.9. The third kappa shape index (κ3) is 6.54. The van der Waals surface area contributed by atoms with Gasteiger partial charge in [0.25, 0.3) is 0 Å². The van der Waals surface area contributed by atoms with Crippen LogP contribution in [0.15, 0.2) is 30.3 Å². The topological polar surface area (TPSA) is 121 Å². The molecule has 0 spiro atoms. The summed E-state index contributed by atoms with van der Waals surface area (Å²) in [5, 5.41) is 3.58. The van der Waals surface area contributed by atoms with Crippen molar-refractivity contribution < 1.29 is 36.9 Å². The molecule has 0 saturated carbocycles. The standard InChI is InChI=1S/C28H29F3N6O5/c1-16-18-14-22(39-2)23(40-3)15-21(18)34-26(32-16)36-27-33-20-8-7-17(41-12-6-11-37-9-4-5-10-37)13-19(20)24(35-27)42-25(38)28(29,30)31/h7-8,13-15H,4-6,9-12H2,1-3H3,(H,32,33,34,35,36). The minimum absolute atomic E-state index is 0.0672. The Kier molecular flexibility index (Phi) is 8.43. The average Bonchev–Trinajstić information content (AvgIpc) is 3.48. The summed E-state index contributed by atoms with van der Waals surface area (Å²) in [6.45, 7) is 5.21. The van der Waals surface area contributed by atoms with Crippen LogP contribution < -0.4 is 24.3 Å². The number of hydrogen-bond acceptors (Lipinski definition) is 11. The maximum Gasteiger partial charge on any atom is 0.491 e. The average molecular weight is 587 g/mol. The Balaban J connectivity index is 1.44. The van der Waals surface area contributed by atoms with Crippen LogP contribution in [0.5, 0.6) is 23.1 Å². The fourth-order valence-electron chi connectivity index (χ4n) is 4.70. The molecule has 14 heteroatoms. The smallest absolute Gasteiger partial charge is 0.491 e. The first-order valence-electron chi connectivity index (χ1n) is 13.3. The summed E-state index contributed by atoms with van der Waals surface area (Å²) in [5.74, 6) is -1.77. The largest absolute Gasteiger partial charge is 0.494 e. The number of rotatable bonds is 10. The molecule has 42 heavy (non-hydrogen) atoms. The van der Waals surface area contributed by atoms with Crippen molar-refractivity contribution in [2.75, 3.05) is 45.8 Å². The zero-order valence-corrected chi connectivity index (χ0v) is 23.2. The van der Waals surface area contributed by atoms with Gasteiger partial charge in [0.2, 0.25) is 17.8 Å². The van der Waals surface area contributed by atoms with Crippen molar-refractivity contribution in [1.82, 2.24) is 24.8 Å². The molecular weight excluding hydrogens is 557 g/mol. The molecule has 5 rings (SSSR count). The number of likely N-dealkylation sites (tertiary alicyclic amines) is 1. The van der Waals surface area contributed by atoms with Crippen molar-refractivity contribution >= 4 is 39.7 Å². The van der Waals surface area contributed by atoms with Gasteiger partial charge in [-0.3, -0.25) is 5.32 Å². The predicted molar refractivity (Wildman–Crippen MR) is 148 cm³/mol. The second-order valence-electron chi connectivity index (χ2n) is 9.65. The molecule has 1 aliphatic heterocycles. The van der Waals surface area contributed by atoms with E-state index in [4.69, 9.17) is 14.2 Å². The first kappa shape index (κ1) is 29.0. The number of alkyl halides is 3. The second kappa shape index (κ2) is 12.2. The van der Waals surface area contributed by atoms with Crippen LogP contribution in [-0.4, -0.2) is 77.4 Å². The van der Waals surface area contributed by atoms with E-state index in [-0.39, 0.29) is 22.8 Å². The van der Waals surface area contributed by atoms with Crippen LogP contribution in [-0.2, 0) is 4.79 Å². The Bertz CT molecular complexity index is 1610. The lowest BCUT2D eigenvalue weighted by atomic mass is 10.1. The van der Waals surface area contributed by atoms with Crippen molar-refractivity contribution in [3.8, 4) is 23.1 Å². The van der Waals surface area contributed by atoms with Crippen LogP contribution in [0, 0.1) is 6.92 Å². The lowest BCUT2D eigenvalue weighted by Gasteiger charge is -2.15. The molecular formula is C28H29F3N6O5. The number of methoxy groups -OCH3 is 2. The molecule has 1 fully saturated rings. The number of nitrogens with one attached hydrogen (secondary N) is 1. The monoisotopic (exact) mass is 586 g/mol. The Labute approximate surface area is 239 Å². The number of fused-ring (bicyclic) bond motifs is 2. The molecule has 0 amide bonds. The summed E-state index contributed by atoms with van der Waals surface area (Å²) < 4.78 is 60.5. The van der Waals surface area contributed by atoms with E-state index >= 15 is 0 Å². The molecule has 2 aromatic carbocycles. The first-order valence-corrected chi connectivity index (χ1v) is 13.3. The van der Waals surface area contributed by atoms with Gasteiger partial charge < -0.3 is 23.8 Å². The third-order valence-corrected chi connectivity index (χ3v) is 6.75. The quantitative estimate of drug-likeness (QED) is 0.200. The summed E-state index contributed by atoms with van der Waals surface area (Å²) in [7, 11) is 3.01. The Morgan fingerprint density at radius 3 is 2.33 bits per heavy atom. The Morgan fingerprint density at radius 2 is 1.62 bits per heavy atom. The van der Waals surface area contributed by atoms with Crippen molar-refractivity contribution in [3.05, 3.63) is 36.0 Å². The highest BCUT2D eigenvalue weighted by Crippen LogP contribution is 2.34. The lowest BCUT2D eigenvalue weighted by Crippen LogP contribution is -2.28. The Morgan fingerprint density at radius 1 is 0.929 bits per heavy atom. The highest BCUT2D eigenvalue weighted by Gasteiger charge is 2.42. The number of anilines is 2. The fraction of sp³-hybridized carbons (Fsp3) is 0.393. The van der Waals surface area contributed by atoms with Crippen LogP contribution in [0.1, 0.15) is 25.0 Å². The summed E-state index contributed by atoms with van der Waals surface area (Å²) in [4.78, 5) is 31.4. The van der Waals surface area contributed by atoms with Crippen LogP contribution in [0.3, 0.4) is 0 Å². The molecule has 1 saturated heterocycles. The minimum Gasteiger partial charge on any atom is -0.494 e. The summed E-state index contributed by atoms with van der Waals surface area (Å²) >= 11 is 0. The molecule has 0 atom stereocenters. The van der Waals surface area contributed by atoms with E-state index in [2.05, 4.69) is 34.9 Å². The number of carbonyl (C=O) groups excluding carboxylic acids is 1. The van der Waals surface area contributed by atoms with Crippen LogP contribution in [0.2, 0.25) is 0 Å². The first-order chi connectivity index (χ1) is 20.1. The van der Waals surface area contributed by atoms with Gasteiger partial charge in [-0.2, -0.15) is 18.2 Å². The minimum atomic E-state index is -5.23. The van der Waals surface area contributed by atoms with E-state index in [1.807, 2.05) is 0 Å². The van der Waals surface area contributed by atoms with E-state index < -0.39 is 18.0 Å². The molecule has 1 N–H and O–H groups in total. The number of benzene rings is 2. The predicted octanol–water partition coefficient (Wildman–Crippen LogP) is 4.97. The molecule has 3 heterocycles. The van der Waals surface area contributed by atoms with Gasteiger partial charge in [-0.25, -0.2) is 19.7 Å². The summed E-state index contributed by atoms with van der Waals surface area (Å²) in [6, 6.07) is 8.04. The number of hydrogen-bond donors (Lipinski definition) is 1. The van der Waals surface area contributed by atoms with Gasteiger partial charge in [0.05, 0.1) is 42.9 Å². The maximum atomic E-state index is 13.1. The highest BCUT2D eigenvalue weighted by atomic mass is 19.4. The van der Waals surface area contributed by atoms with E-state index in [9.17, 15) is 18.0 Å². The fourth-order valence-corrected chi connectivity index (χ4v) is 4.70. The van der Waals surface area contributed by atoms with Crippen molar-refractivity contribution in [2.45, 2.75) is 32.4 Å². The number of carbonyl (C=O) groups is 1. The van der Waals surface area contributed by atoms with Gasteiger partial charge in [-0.1, -0.05) is 0 Å². The van der Waals surface area contributed by atoms with Gasteiger partial charge >= 0.3 is 12.1 Å². The van der Waals surface area contributed by atoms with Gasteiger partial charge in [0.15, 0.2) is 11.5 Å². The summed E-state index contributed by atoms with van der Waals surface area (Å²) in [6.07, 6.45) is -2.05. The van der Waals surface area contributed by atoms with Gasteiger partial charge in [-0.05, 0) is 63.5 Å². The van der Waals surface area contributed by atoms with Gasteiger partial charge in [0.1, 0.15) is 5.75 Å². The van der Waals surface area contributed by atoms with E-state index in [1.165, 1.54) is 33.1 Å². The van der Waals surface area contributed by atoms with Crippen molar-refractivity contribution in [1.29, 1.82) is 0 Å². The number of ether oxygens (including phenoxy) is 4. The van der Waals surface area contributed by atoms with E-state index in [0.717, 1.165) is 26.1 Å². The second-order valence-corrected chi connectivity index (χ2v) is 9.65. The van der Waals surface area contributed by atoms with Gasteiger partial charge in [0, 0.05) is 18.0 Å². The van der Waals surface area contributed by atoms with Crippen molar-refractivity contribution in [3.63, 3.8) is 0 Å². The lowest BCUT2D eigenvalue weighted by molar-refractivity contribution is -0.189. The number of halogens is 3. The van der Waals surface area contributed by atoms with E-state index in [1.54, 1.807) is 31.2 Å². The molecule has 2 aromatic heterocycles. The number of aryl methyl sites for hydroxylation is 1.